The highest BCUT2D eigenvalue weighted by Crippen LogP contribution is 2.36. The Bertz CT molecular complexity index is 475. The van der Waals surface area contributed by atoms with E-state index in [1.54, 1.807) is 0 Å². The van der Waals surface area contributed by atoms with Crippen LogP contribution in [0.4, 0.5) is 5.69 Å². The van der Waals surface area contributed by atoms with E-state index in [2.05, 4.69) is 4.90 Å². The number of amides is 1. The fraction of sp³-hybridized carbons (Fsp3) is 0.533. The first-order valence-electron chi connectivity index (χ1n) is 6.80. The van der Waals surface area contributed by atoms with Gasteiger partial charge in [-0.2, -0.15) is 0 Å². The van der Waals surface area contributed by atoms with E-state index < -0.39 is 11.5 Å². The summed E-state index contributed by atoms with van der Waals surface area (Å²) in [6.07, 6.45) is 0.980. The molecule has 2 atom stereocenters. The van der Waals surface area contributed by atoms with E-state index in [1.807, 2.05) is 38.1 Å². The van der Waals surface area contributed by atoms with Gasteiger partial charge in [-0.15, -0.1) is 0 Å². The van der Waals surface area contributed by atoms with Crippen LogP contribution in [0.1, 0.15) is 38.4 Å². The lowest BCUT2D eigenvalue weighted by Gasteiger charge is -2.26. The second-order valence-electron chi connectivity index (χ2n) is 5.58. The number of carbonyl (C=O) groups excluding carboxylic acids is 1. The van der Waals surface area contributed by atoms with E-state index in [9.17, 15) is 9.90 Å². The van der Waals surface area contributed by atoms with Crippen LogP contribution in [0, 0.1) is 5.41 Å². The lowest BCUT2D eigenvalue weighted by Crippen LogP contribution is -2.37. The predicted octanol–water partition coefficient (Wildman–Crippen LogP) is 1.83. The Morgan fingerprint density at radius 3 is 2.79 bits per heavy atom. The van der Waals surface area contributed by atoms with Crippen LogP contribution in [0.2, 0.25) is 0 Å². The van der Waals surface area contributed by atoms with Gasteiger partial charge in [-0.05, 0) is 25.8 Å². The zero-order chi connectivity index (χ0) is 14.0. The van der Waals surface area contributed by atoms with Gasteiger partial charge in [0.25, 0.3) is 0 Å². The average Bonchev–Trinajstić information content (AvgIpc) is 2.82. The number of aliphatic hydroxyl groups excluding tert-OH is 1. The van der Waals surface area contributed by atoms with Gasteiger partial charge in [0.2, 0.25) is 5.91 Å². The number of nitrogens with two attached hydrogens (primary N) is 1. The minimum absolute atomic E-state index is 0.247. The Morgan fingerprint density at radius 2 is 2.21 bits per heavy atom. The molecular formula is C15H22N2O2. The quantitative estimate of drug-likeness (QED) is 0.870. The van der Waals surface area contributed by atoms with Crippen molar-refractivity contribution in [2.24, 2.45) is 11.1 Å². The van der Waals surface area contributed by atoms with Gasteiger partial charge in [0.1, 0.15) is 0 Å². The SMILES string of the molecule is CCC(O)c1ccccc1N1CCC(C)(C(N)=O)C1. The molecule has 1 heterocycles. The molecule has 4 heteroatoms. The third-order valence-electron chi connectivity index (χ3n) is 4.09. The molecule has 0 radical (unpaired) electrons. The van der Waals surface area contributed by atoms with E-state index in [1.165, 1.54) is 0 Å². The van der Waals surface area contributed by atoms with Gasteiger partial charge in [-0.3, -0.25) is 4.79 Å². The molecule has 1 saturated heterocycles. The topological polar surface area (TPSA) is 66.6 Å². The van der Waals surface area contributed by atoms with Crippen LogP contribution < -0.4 is 10.6 Å². The maximum Gasteiger partial charge on any atom is 0.225 e. The van der Waals surface area contributed by atoms with E-state index in [4.69, 9.17) is 5.73 Å². The van der Waals surface area contributed by atoms with Crippen LogP contribution in [-0.4, -0.2) is 24.1 Å². The van der Waals surface area contributed by atoms with Crippen LogP contribution in [0.5, 0.6) is 0 Å². The summed E-state index contributed by atoms with van der Waals surface area (Å²) in [7, 11) is 0. The number of nitrogens with zero attached hydrogens (tertiary/aromatic N) is 1. The standard InChI is InChI=1S/C15H22N2O2/c1-3-13(18)11-6-4-5-7-12(11)17-9-8-15(2,10-17)14(16)19/h4-7,13,18H,3,8-10H2,1-2H3,(H2,16,19). The van der Waals surface area contributed by atoms with Gasteiger partial charge >= 0.3 is 0 Å². The Kier molecular flexibility index (Phi) is 3.80. The Hall–Kier alpha value is -1.55. The highest BCUT2D eigenvalue weighted by atomic mass is 16.3. The van der Waals surface area contributed by atoms with Crippen LogP contribution in [-0.2, 0) is 4.79 Å². The fourth-order valence-electron chi connectivity index (χ4n) is 2.65. The molecule has 0 spiro atoms. The summed E-state index contributed by atoms with van der Waals surface area (Å²) in [5, 5.41) is 10.1. The highest BCUT2D eigenvalue weighted by Gasteiger charge is 2.39. The summed E-state index contributed by atoms with van der Waals surface area (Å²) in [4.78, 5) is 13.7. The van der Waals surface area contributed by atoms with Gasteiger partial charge in [-0.25, -0.2) is 0 Å². The number of hydrogen-bond donors (Lipinski definition) is 2. The minimum atomic E-state index is -0.468. The fourth-order valence-corrected chi connectivity index (χ4v) is 2.65. The van der Waals surface area contributed by atoms with Crippen molar-refractivity contribution in [3.63, 3.8) is 0 Å². The van der Waals surface area contributed by atoms with Crippen molar-refractivity contribution in [1.82, 2.24) is 0 Å². The molecule has 1 amide bonds. The summed E-state index contributed by atoms with van der Waals surface area (Å²) in [6.45, 7) is 5.29. The number of rotatable bonds is 4. The second kappa shape index (κ2) is 5.21. The molecule has 1 aromatic rings. The van der Waals surface area contributed by atoms with Crippen LogP contribution >= 0.6 is 0 Å². The number of para-hydroxylation sites is 1. The van der Waals surface area contributed by atoms with Gasteiger partial charge in [0.05, 0.1) is 11.5 Å². The molecule has 0 bridgehead atoms. The molecule has 1 aromatic carbocycles. The second-order valence-corrected chi connectivity index (χ2v) is 5.58. The molecule has 0 aliphatic carbocycles. The Balaban J connectivity index is 2.27. The molecule has 2 rings (SSSR count). The number of carbonyl (C=O) groups is 1. The maximum absolute atomic E-state index is 11.5. The van der Waals surface area contributed by atoms with Crippen molar-refractivity contribution in [3.8, 4) is 0 Å². The molecule has 104 valence electrons. The van der Waals surface area contributed by atoms with Gasteiger partial charge in [0.15, 0.2) is 0 Å². The summed E-state index contributed by atoms with van der Waals surface area (Å²) in [5.41, 5.74) is 6.96. The first-order valence-corrected chi connectivity index (χ1v) is 6.80. The van der Waals surface area contributed by atoms with Crippen molar-refractivity contribution in [2.45, 2.75) is 32.8 Å². The van der Waals surface area contributed by atoms with Crippen molar-refractivity contribution in [1.29, 1.82) is 0 Å². The van der Waals surface area contributed by atoms with E-state index >= 15 is 0 Å². The smallest absolute Gasteiger partial charge is 0.225 e. The molecule has 19 heavy (non-hydrogen) atoms. The molecular weight excluding hydrogens is 240 g/mol. The molecule has 0 saturated carbocycles. The highest BCUT2D eigenvalue weighted by molar-refractivity contribution is 5.82. The van der Waals surface area contributed by atoms with Crippen LogP contribution in [0.15, 0.2) is 24.3 Å². The van der Waals surface area contributed by atoms with Gasteiger partial charge < -0.3 is 15.7 Å². The summed E-state index contributed by atoms with van der Waals surface area (Å²) < 4.78 is 0. The number of benzene rings is 1. The van der Waals surface area contributed by atoms with Crippen LogP contribution in [0.3, 0.4) is 0 Å². The summed E-state index contributed by atoms with van der Waals surface area (Å²) >= 11 is 0. The largest absolute Gasteiger partial charge is 0.388 e. The molecule has 3 N–H and O–H groups in total. The van der Waals surface area contributed by atoms with E-state index in [0.29, 0.717) is 13.0 Å². The minimum Gasteiger partial charge on any atom is -0.388 e. The van der Waals surface area contributed by atoms with E-state index in [0.717, 1.165) is 24.2 Å². The lowest BCUT2D eigenvalue weighted by molar-refractivity contribution is -0.125. The van der Waals surface area contributed by atoms with Gasteiger partial charge in [0, 0.05) is 24.3 Å². The lowest BCUT2D eigenvalue weighted by atomic mass is 9.89. The predicted molar refractivity (Wildman–Crippen MR) is 75.8 cm³/mol. The zero-order valence-electron chi connectivity index (χ0n) is 11.6. The summed E-state index contributed by atoms with van der Waals surface area (Å²) in [5.74, 6) is -0.247. The van der Waals surface area contributed by atoms with E-state index in [-0.39, 0.29) is 5.91 Å². The zero-order valence-corrected chi connectivity index (χ0v) is 11.6. The Morgan fingerprint density at radius 1 is 1.53 bits per heavy atom. The van der Waals surface area contributed by atoms with Crippen molar-refractivity contribution in [3.05, 3.63) is 29.8 Å². The first-order chi connectivity index (χ1) is 8.98. The summed E-state index contributed by atoms with van der Waals surface area (Å²) in [6, 6.07) is 7.84. The molecule has 1 aliphatic rings. The maximum atomic E-state index is 11.5. The molecule has 1 aliphatic heterocycles. The number of aliphatic hydroxyl groups is 1. The van der Waals surface area contributed by atoms with Gasteiger partial charge in [-0.1, -0.05) is 25.1 Å². The number of anilines is 1. The molecule has 1 fully saturated rings. The first kappa shape index (κ1) is 13.9. The normalized spacial score (nSPS) is 24.5. The third-order valence-corrected chi connectivity index (χ3v) is 4.09. The van der Waals surface area contributed by atoms with Crippen molar-refractivity contribution < 1.29 is 9.90 Å². The average molecular weight is 262 g/mol. The number of primary amides is 1. The monoisotopic (exact) mass is 262 g/mol. The molecule has 4 nitrogen and oxygen atoms in total. The molecule has 2 unspecified atom stereocenters. The van der Waals surface area contributed by atoms with Crippen LogP contribution in [0.25, 0.3) is 0 Å². The number of hydrogen-bond acceptors (Lipinski definition) is 3. The third kappa shape index (κ3) is 2.59. The van der Waals surface area contributed by atoms with Crippen molar-refractivity contribution >= 4 is 11.6 Å². The molecule has 0 aromatic heterocycles. The van der Waals surface area contributed by atoms with Crippen molar-refractivity contribution in [2.75, 3.05) is 18.0 Å². The Labute approximate surface area is 114 Å².